The summed E-state index contributed by atoms with van der Waals surface area (Å²) in [5, 5.41) is 1.04. The Morgan fingerprint density at radius 3 is 2.18 bits per heavy atom. The van der Waals surface area contributed by atoms with Gasteiger partial charge in [-0.25, -0.2) is 8.42 Å². The Labute approximate surface area is 240 Å². The molecule has 0 bridgehead atoms. The van der Waals surface area contributed by atoms with Crippen LogP contribution >= 0.6 is 23.2 Å². The topological polar surface area (TPSA) is 64.2 Å². The summed E-state index contributed by atoms with van der Waals surface area (Å²) in [4.78, 5) is 20.4. The molecule has 2 fully saturated rings. The quantitative estimate of drug-likeness (QED) is 0.428. The van der Waals surface area contributed by atoms with Crippen molar-refractivity contribution in [1.82, 2.24) is 9.21 Å². The summed E-state index contributed by atoms with van der Waals surface area (Å²) in [5.74, 6) is -0.0632. The van der Waals surface area contributed by atoms with Crippen molar-refractivity contribution < 1.29 is 13.2 Å². The standard InChI is InChI=1S/C29H32Cl2N4O3S/c1-21-6-3-4-9-26(21)35-17-16-34(39(37,38)25-8-5-7-23(30)18-25)20-28(35)29(36)33-14-12-32(13-15-33)27-19-24(31)11-10-22(27)2/h3-11,18-19,28H,12-17,20H2,1-2H3. The Balaban J connectivity index is 1.39. The molecular formula is C29H32Cl2N4O3S. The number of carbonyl (C=O) groups is 1. The predicted molar refractivity (Wildman–Crippen MR) is 158 cm³/mol. The second-order valence-corrected chi connectivity index (χ2v) is 12.9. The molecule has 0 aliphatic carbocycles. The molecule has 3 aromatic rings. The van der Waals surface area contributed by atoms with E-state index in [-0.39, 0.29) is 23.9 Å². The lowest BCUT2D eigenvalue weighted by Gasteiger charge is -2.45. The molecule has 0 aromatic heterocycles. The van der Waals surface area contributed by atoms with Gasteiger partial charge in [-0.15, -0.1) is 0 Å². The van der Waals surface area contributed by atoms with Gasteiger partial charge < -0.3 is 14.7 Å². The zero-order valence-corrected chi connectivity index (χ0v) is 24.4. The lowest BCUT2D eigenvalue weighted by molar-refractivity contribution is -0.133. The molecular weight excluding hydrogens is 555 g/mol. The average molecular weight is 588 g/mol. The second-order valence-electron chi connectivity index (χ2n) is 10.1. The highest BCUT2D eigenvalue weighted by Crippen LogP contribution is 2.30. The molecule has 1 unspecified atom stereocenters. The lowest BCUT2D eigenvalue weighted by atomic mass is 10.1. The van der Waals surface area contributed by atoms with Gasteiger partial charge in [0.15, 0.2) is 0 Å². The van der Waals surface area contributed by atoms with E-state index in [4.69, 9.17) is 23.2 Å². The minimum Gasteiger partial charge on any atom is -0.368 e. The van der Waals surface area contributed by atoms with E-state index >= 15 is 0 Å². The molecule has 2 aliphatic heterocycles. The summed E-state index contributed by atoms with van der Waals surface area (Å²) in [6.45, 7) is 7.25. The molecule has 0 spiro atoms. The van der Waals surface area contributed by atoms with E-state index in [1.165, 1.54) is 10.4 Å². The third kappa shape index (κ3) is 5.75. The van der Waals surface area contributed by atoms with Crippen molar-refractivity contribution in [3.8, 4) is 0 Å². The number of carbonyl (C=O) groups excluding carboxylic acids is 1. The number of sulfonamides is 1. The van der Waals surface area contributed by atoms with E-state index in [1.54, 1.807) is 18.2 Å². The third-order valence-corrected chi connectivity index (χ3v) is 9.92. The number of hydrogen-bond acceptors (Lipinski definition) is 5. The highest BCUT2D eigenvalue weighted by Gasteiger charge is 2.40. The molecule has 2 saturated heterocycles. The number of aryl methyl sites for hydroxylation is 2. The predicted octanol–water partition coefficient (Wildman–Crippen LogP) is 4.84. The monoisotopic (exact) mass is 586 g/mol. The SMILES string of the molecule is Cc1ccc(Cl)cc1N1CCN(C(=O)C2CN(S(=O)(=O)c3cccc(Cl)c3)CCN2c2ccccc2C)CC1. The average Bonchev–Trinajstić information content (AvgIpc) is 2.94. The first-order chi connectivity index (χ1) is 18.6. The summed E-state index contributed by atoms with van der Waals surface area (Å²) in [6.07, 6.45) is 0. The molecule has 5 rings (SSSR count). The van der Waals surface area contributed by atoms with Crippen molar-refractivity contribution in [2.45, 2.75) is 24.8 Å². The van der Waals surface area contributed by atoms with Crippen LogP contribution in [-0.2, 0) is 14.8 Å². The van der Waals surface area contributed by atoms with Gasteiger partial charge in [-0.1, -0.05) is 53.5 Å². The number of anilines is 2. The molecule has 0 N–H and O–H groups in total. The fourth-order valence-corrected chi connectivity index (χ4v) is 7.35. The van der Waals surface area contributed by atoms with Crippen molar-refractivity contribution in [2.24, 2.45) is 0 Å². The first-order valence-corrected chi connectivity index (χ1v) is 15.2. The molecule has 2 heterocycles. The first-order valence-electron chi connectivity index (χ1n) is 13.0. The van der Waals surface area contributed by atoms with E-state index in [0.29, 0.717) is 42.8 Å². The number of piperazine rings is 2. The molecule has 7 nitrogen and oxygen atoms in total. The first kappa shape index (κ1) is 27.8. The summed E-state index contributed by atoms with van der Waals surface area (Å²) in [7, 11) is -3.82. The van der Waals surface area contributed by atoms with Gasteiger partial charge in [0.2, 0.25) is 15.9 Å². The van der Waals surface area contributed by atoms with Crippen molar-refractivity contribution in [2.75, 3.05) is 55.6 Å². The van der Waals surface area contributed by atoms with Crippen LogP contribution in [0, 0.1) is 13.8 Å². The summed E-state index contributed by atoms with van der Waals surface area (Å²) in [6, 6.07) is 19.4. The van der Waals surface area contributed by atoms with Crippen LogP contribution < -0.4 is 9.80 Å². The van der Waals surface area contributed by atoms with E-state index < -0.39 is 16.1 Å². The summed E-state index contributed by atoms with van der Waals surface area (Å²) >= 11 is 12.4. The van der Waals surface area contributed by atoms with Crippen molar-refractivity contribution >= 4 is 50.5 Å². The highest BCUT2D eigenvalue weighted by atomic mass is 35.5. The van der Waals surface area contributed by atoms with Crippen LogP contribution in [0.5, 0.6) is 0 Å². The van der Waals surface area contributed by atoms with Gasteiger partial charge in [-0.2, -0.15) is 4.31 Å². The van der Waals surface area contributed by atoms with Gasteiger partial charge in [0.25, 0.3) is 0 Å². The van der Waals surface area contributed by atoms with Crippen LogP contribution in [0.25, 0.3) is 0 Å². The molecule has 1 amide bonds. The fraction of sp³-hybridized carbons (Fsp3) is 0.345. The number of halogens is 2. The van der Waals surface area contributed by atoms with Gasteiger partial charge in [-0.05, 0) is 61.4 Å². The Hall–Kier alpha value is -2.78. The Morgan fingerprint density at radius 2 is 1.46 bits per heavy atom. The van der Waals surface area contributed by atoms with Crippen LogP contribution in [0.3, 0.4) is 0 Å². The fourth-order valence-electron chi connectivity index (χ4n) is 5.44. The van der Waals surface area contributed by atoms with Gasteiger partial charge >= 0.3 is 0 Å². The van der Waals surface area contributed by atoms with E-state index in [2.05, 4.69) is 16.7 Å². The highest BCUT2D eigenvalue weighted by molar-refractivity contribution is 7.89. The largest absolute Gasteiger partial charge is 0.368 e. The molecule has 39 heavy (non-hydrogen) atoms. The maximum absolute atomic E-state index is 14.1. The normalized spacial score (nSPS) is 18.9. The smallest absolute Gasteiger partial charge is 0.246 e. The zero-order valence-electron chi connectivity index (χ0n) is 22.1. The number of nitrogens with zero attached hydrogens (tertiary/aromatic N) is 4. The lowest BCUT2D eigenvalue weighted by Crippen LogP contribution is -2.62. The van der Waals surface area contributed by atoms with Gasteiger partial charge in [0.05, 0.1) is 4.90 Å². The van der Waals surface area contributed by atoms with Crippen LogP contribution in [0.15, 0.2) is 71.6 Å². The number of amides is 1. The third-order valence-electron chi connectivity index (χ3n) is 7.59. The molecule has 2 aliphatic rings. The van der Waals surface area contributed by atoms with Crippen LogP contribution in [0.1, 0.15) is 11.1 Å². The van der Waals surface area contributed by atoms with Crippen molar-refractivity contribution in [3.05, 3.63) is 87.9 Å². The minimum atomic E-state index is -3.82. The maximum atomic E-state index is 14.1. The van der Waals surface area contributed by atoms with Crippen LogP contribution in [0.4, 0.5) is 11.4 Å². The Morgan fingerprint density at radius 1 is 0.769 bits per heavy atom. The maximum Gasteiger partial charge on any atom is 0.246 e. The molecule has 10 heteroatoms. The molecule has 3 aromatic carbocycles. The van der Waals surface area contributed by atoms with E-state index in [1.807, 2.05) is 54.3 Å². The van der Waals surface area contributed by atoms with E-state index in [9.17, 15) is 13.2 Å². The minimum absolute atomic E-state index is 0.0632. The molecule has 0 radical (unpaired) electrons. The van der Waals surface area contributed by atoms with Gasteiger partial charge in [0, 0.05) is 67.2 Å². The molecule has 206 valence electrons. The number of para-hydroxylation sites is 1. The Bertz CT molecular complexity index is 1470. The Kier molecular flexibility index (Phi) is 8.10. The number of hydrogen-bond donors (Lipinski definition) is 0. The van der Waals surface area contributed by atoms with Crippen LogP contribution in [0.2, 0.25) is 10.0 Å². The van der Waals surface area contributed by atoms with Gasteiger partial charge in [-0.3, -0.25) is 4.79 Å². The number of benzene rings is 3. The van der Waals surface area contributed by atoms with Gasteiger partial charge in [0.1, 0.15) is 6.04 Å². The summed E-state index contributed by atoms with van der Waals surface area (Å²) in [5.41, 5.74) is 4.21. The van der Waals surface area contributed by atoms with Crippen molar-refractivity contribution in [1.29, 1.82) is 0 Å². The summed E-state index contributed by atoms with van der Waals surface area (Å²) < 4.78 is 28.5. The second kappa shape index (κ2) is 11.4. The molecule has 1 atom stereocenters. The molecule has 0 saturated carbocycles. The van der Waals surface area contributed by atoms with Crippen molar-refractivity contribution in [3.63, 3.8) is 0 Å². The number of rotatable bonds is 5. The van der Waals surface area contributed by atoms with Crippen LogP contribution in [-0.4, -0.2) is 75.4 Å². The van der Waals surface area contributed by atoms with E-state index in [0.717, 1.165) is 22.5 Å². The zero-order chi connectivity index (χ0) is 27.7.